The molecule has 3 amide bonds. The summed E-state index contributed by atoms with van der Waals surface area (Å²) in [5.41, 5.74) is 0.902. The molecule has 3 rings (SSSR count). The Morgan fingerprint density at radius 3 is 2.39 bits per heavy atom. The minimum absolute atomic E-state index is 0.240. The second-order valence-corrected chi connectivity index (χ2v) is 9.46. The fraction of sp³-hybridized carbons (Fsp3) is 0.407. The monoisotopic (exact) mass is 495 g/mol. The van der Waals surface area contributed by atoms with Crippen LogP contribution in [0.1, 0.15) is 62.5 Å². The van der Waals surface area contributed by atoms with Crippen LogP contribution in [-0.2, 0) is 19.1 Å². The molecule has 0 saturated carbocycles. The highest BCUT2D eigenvalue weighted by Gasteiger charge is 2.43. The van der Waals surface area contributed by atoms with Gasteiger partial charge in [0.05, 0.1) is 24.8 Å². The van der Waals surface area contributed by atoms with Crippen molar-refractivity contribution in [2.75, 3.05) is 18.5 Å². The third-order valence-electron chi connectivity index (χ3n) is 5.57. The zero-order valence-corrected chi connectivity index (χ0v) is 21.1. The van der Waals surface area contributed by atoms with Crippen molar-refractivity contribution in [3.63, 3.8) is 0 Å². The van der Waals surface area contributed by atoms with Crippen molar-refractivity contribution in [2.24, 2.45) is 0 Å². The van der Waals surface area contributed by atoms with Crippen LogP contribution in [-0.4, -0.2) is 53.6 Å². The molecule has 2 unspecified atom stereocenters. The SMILES string of the molecule is CCOC(=O)c1cccc(NC(=O)NCC(=O)N2C(C(=O)OC(C)(C)C)CCC2c2ccccc2)c1. The maximum absolute atomic E-state index is 13.3. The summed E-state index contributed by atoms with van der Waals surface area (Å²) in [5.74, 6) is -1.35. The molecule has 9 heteroatoms. The maximum Gasteiger partial charge on any atom is 0.338 e. The lowest BCUT2D eigenvalue weighted by atomic mass is 10.0. The molecule has 2 atom stereocenters. The Morgan fingerprint density at radius 1 is 1.00 bits per heavy atom. The zero-order chi connectivity index (χ0) is 26.3. The molecule has 0 aliphatic carbocycles. The van der Waals surface area contributed by atoms with Gasteiger partial charge in [-0.15, -0.1) is 0 Å². The van der Waals surface area contributed by atoms with E-state index in [4.69, 9.17) is 9.47 Å². The van der Waals surface area contributed by atoms with Crippen LogP contribution in [0.5, 0.6) is 0 Å². The summed E-state index contributed by atoms with van der Waals surface area (Å²) >= 11 is 0. The zero-order valence-electron chi connectivity index (χ0n) is 21.1. The molecule has 1 aliphatic heterocycles. The summed E-state index contributed by atoms with van der Waals surface area (Å²) < 4.78 is 10.5. The van der Waals surface area contributed by atoms with Gasteiger partial charge >= 0.3 is 18.0 Å². The molecule has 2 aromatic rings. The van der Waals surface area contributed by atoms with E-state index in [-0.39, 0.29) is 19.2 Å². The van der Waals surface area contributed by atoms with Gasteiger partial charge in [0, 0.05) is 5.69 Å². The normalized spacial score (nSPS) is 17.3. The summed E-state index contributed by atoms with van der Waals surface area (Å²) in [6, 6.07) is 14.1. The second kappa shape index (κ2) is 11.7. The van der Waals surface area contributed by atoms with E-state index in [0.29, 0.717) is 24.1 Å². The first-order chi connectivity index (χ1) is 17.1. The van der Waals surface area contributed by atoms with Crippen LogP contribution in [0.2, 0.25) is 0 Å². The van der Waals surface area contributed by atoms with Crippen LogP contribution in [0.4, 0.5) is 10.5 Å². The first kappa shape index (κ1) is 26.7. The number of rotatable bonds is 7. The second-order valence-electron chi connectivity index (χ2n) is 9.46. The third kappa shape index (κ3) is 7.07. The number of carbonyl (C=O) groups is 4. The summed E-state index contributed by atoms with van der Waals surface area (Å²) in [4.78, 5) is 52.1. The van der Waals surface area contributed by atoms with Crippen molar-refractivity contribution in [1.29, 1.82) is 0 Å². The van der Waals surface area contributed by atoms with Gasteiger partial charge < -0.3 is 25.0 Å². The highest BCUT2D eigenvalue weighted by molar-refractivity contribution is 5.95. The van der Waals surface area contributed by atoms with Gasteiger partial charge in [-0.05, 0) is 64.3 Å². The highest BCUT2D eigenvalue weighted by atomic mass is 16.6. The lowest BCUT2D eigenvalue weighted by molar-refractivity contribution is -0.164. The van der Waals surface area contributed by atoms with E-state index in [1.165, 1.54) is 11.0 Å². The molecule has 2 aromatic carbocycles. The molecule has 9 nitrogen and oxygen atoms in total. The fourth-order valence-electron chi connectivity index (χ4n) is 4.12. The third-order valence-corrected chi connectivity index (χ3v) is 5.57. The molecule has 2 N–H and O–H groups in total. The molecular formula is C27H33N3O6. The largest absolute Gasteiger partial charge is 0.462 e. The molecular weight excluding hydrogens is 462 g/mol. The highest BCUT2D eigenvalue weighted by Crippen LogP contribution is 2.37. The number of likely N-dealkylation sites (tertiary alicyclic amines) is 1. The van der Waals surface area contributed by atoms with Crippen LogP contribution >= 0.6 is 0 Å². The van der Waals surface area contributed by atoms with E-state index in [0.717, 1.165) is 5.56 Å². The minimum atomic E-state index is -0.743. The number of anilines is 1. The molecule has 1 aliphatic rings. The molecule has 36 heavy (non-hydrogen) atoms. The standard InChI is InChI=1S/C27H33N3O6/c1-5-35-24(32)19-12-9-13-20(16-19)29-26(34)28-17-23(31)30-21(18-10-7-6-8-11-18)14-15-22(30)25(33)36-27(2,3)4/h6-13,16,21-22H,5,14-15,17H2,1-4H3,(H2,28,29,34). The average Bonchev–Trinajstić information content (AvgIpc) is 3.28. The summed E-state index contributed by atoms with van der Waals surface area (Å²) in [6.45, 7) is 6.98. The number of urea groups is 1. The van der Waals surface area contributed by atoms with Crippen molar-refractivity contribution >= 4 is 29.6 Å². The van der Waals surface area contributed by atoms with Gasteiger partial charge in [0.2, 0.25) is 5.91 Å². The molecule has 0 spiro atoms. The number of carbonyl (C=O) groups excluding carboxylic acids is 4. The van der Waals surface area contributed by atoms with Crippen molar-refractivity contribution in [2.45, 2.75) is 58.2 Å². The van der Waals surface area contributed by atoms with E-state index < -0.39 is 35.5 Å². The summed E-state index contributed by atoms with van der Waals surface area (Å²) in [5, 5.41) is 5.16. The van der Waals surface area contributed by atoms with Gasteiger partial charge in [0.15, 0.2) is 0 Å². The molecule has 0 bridgehead atoms. The molecule has 1 saturated heterocycles. The Labute approximate surface area is 211 Å². The van der Waals surface area contributed by atoms with Gasteiger partial charge in [-0.2, -0.15) is 0 Å². The molecule has 1 fully saturated rings. The average molecular weight is 496 g/mol. The summed E-state index contributed by atoms with van der Waals surface area (Å²) in [6.07, 6.45) is 1.07. The number of amides is 3. The van der Waals surface area contributed by atoms with Crippen molar-refractivity contribution < 1.29 is 28.7 Å². The molecule has 1 heterocycles. The fourth-order valence-corrected chi connectivity index (χ4v) is 4.12. The van der Waals surface area contributed by atoms with Crippen LogP contribution in [0, 0.1) is 0 Å². The van der Waals surface area contributed by atoms with E-state index in [1.54, 1.807) is 45.9 Å². The van der Waals surface area contributed by atoms with Gasteiger partial charge in [-0.25, -0.2) is 14.4 Å². The van der Waals surface area contributed by atoms with Crippen LogP contribution in [0.25, 0.3) is 0 Å². The lowest BCUT2D eigenvalue weighted by Gasteiger charge is -2.31. The molecule has 0 radical (unpaired) electrons. The number of nitrogens with one attached hydrogen (secondary N) is 2. The Morgan fingerprint density at radius 2 is 1.72 bits per heavy atom. The van der Waals surface area contributed by atoms with Gasteiger partial charge in [0.25, 0.3) is 0 Å². The van der Waals surface area contributed by atoms with Crippen molar-refractivity contribution in [3.8, 4) is 0 Å². The molecule has 192 valence electrons. The van der Waals surface area contributed by atoms with Crippen LogP contribution in [0.15, 0.2) is 54.6 Å². The van der Waals surface area contributed by atoms with E-state index in [9.17, 15) is 19.2 Å². The van der Waals surface area contributed by atoms with Gasteiger partial charge in [-0.3, -0.25) is 4.79 Å². The lowest BCUT2D eigenvalue weighted by Crippen LogP contribution is -2.48. The van der Waals surface area contributed by atoms with Gasteiger partial charge in [0.1, 0.15) is 11.6 Å². The van der Waals surface area contributed by atoms with E-state index >= 15 is 0 Å². The van der Waals surface area contributed by atoms with Gasteiger partial charge in [-0.1, -0.05) is 36.4 Å². The number of esters is 2. The molecule has 0 aromatic heterocycles. The van der Waals surface area contributed by atoms with Crippen LogP contribution < -0.4 is 10.6 Å². The number of nitrogens with zero attached hydrogens (tertiary/aromatic N) is 1. The predicted molar refractivity (Wildman–Crippen MR) is 134 cm³/mol. The summed E-state index contributed by atoms with van der Waals surface area (Å²) in [7, 11) is 0. The predicted octanol–water partition coefficient (Wildman–Crippen LogP) is 4.06. The number of hydrogen-bond donors (Lipinski definition) is 2. The minimum Gasteiger partial charge on any atom is -0.462 e. The van der Waals surface area contributed by atoms with Crippen molar-refractivity contribution in [3.05, 3.63) is 65.7 Å². The van der Waals surface area contributed by atoms with Crippen LogP contribution in [0.3, 0.4) is 0 Å². The van der Waals surface area contributed by atoms with E-state index in [1.807, 2.05) is 30.3 Å². The van der Waals surface area contributed by atoms with E-state index in [2.05, 4.69) is 10.6 Å². The van der Waals surface area contributed by atoms with Crippen molar-refractivity contribution in [1.82, 2.24) is 10.2 Å². The quantitative estimate of drug-likeness (QED) is 0.560. The first-order valence-corrected chi connectivity index (χ1v) is 12.0. The number of ether oxygens (including phenoxy) is 2. The Balaban J connectivity index is 1.69. The maximum atomic E-state index is 13.3. The Bertz CT molecular complexity index is 1100. The smallest absolute Gasteiger partial charge is 0.338 e. The first-order valence-electron chi connectivity index (χ1n) is 12.0. The Kier molecular flexibility index (Phi) is 8.68. The number of hydrogen-bond acceptors (Lipinski definition) is 6. The Hall–Kier alpha value is -3.88. The number of benzene rings is 2. The topological polar surface area (TPSA) is 114 Å².